The summed E-state index contributed by atoms with van der Waals surface area (Å²) in [6.07, 6.45) is 2.52. The minimum Gasteiger partial charge on any atom is -0.337 e. The summed E-state index contributed by atoms with van der Waals surface area (Å²) in [7, 11) is 1.84. The molecule has 2 heterocycles. The molecule has 82 valence electrons. The highest BCUT2D eigenvalue weighted by Crippen LogP contribution is 2.14. The lowest BCUT2D eigenvalue weighted by Gasteiger charge is -2.15. The first-order valence-electron chi connectivity index (χ1n) is 5.13. The molecule has 0 radical (unpaired) electrons. The van der Waals surface area contributed by atoms with Crippen molar-refractivity contribution in [2.24, 2.45) is 12.8 Å². The normalized spacial score (nSPS) is 21.0. The van der Waals surface area contributed by atoms with Gasteiger partial charge in [0.05, 0.1) is 11.8 Å². The van der Waals surface area contributed by atoms with Crippen LogP contribution in [0.2, 0.25) is 0 Å². The standard InChI is InChI=1S/C10H16N4O/c1-7-9(5-12-13(7)2)10(15)14-4-3-8(11)6-14/h5,8H,3-4,6,11H2,1-2H3/t8-/m1/s1. The molecule has 0 aliphatic carbocycles. The molecule has 0 saturated carbocycles. The molecule has 1 amide bonds. The van der Waals surface area contributed by atoms with E-state index in [2.05, 4.69) is 5.10 Å². The van der Waals surface area contributed by atoms with E-state index < -0.39 is 0 Å². The van der Waals surface area contributed by atoms with E-state index in [4.69, 9.17) is 5.73 Å². The van der Waals surface area contributed by atoms with Crippen LogP contribution < -0.4 is 5.73 Å². The Bertz CT molecular complexity index is 385. The van der Waals surface area contributed by atoms with Crippen molar-refractivity contribution in [3.8, 4) is 0 Å². The second kappa shape index (κ2) is 3.66. The molecule has 2 rings (SSSR count). The predicted molar refractivity (Wildman–Crippen MR) is 56.4 cm³/mol. The van der Waals surface area contributed by atoms with Crippen LogP contribution in [0.25, 0.3) is 0 Å². The topological polar surface area (TPSA) is 64.2 Å². The third kappa shape index (κ3) is 1.74. The zero-order valence-electron chi connectivity index (χ0n) is 9.10. The van der Waals surface area contributed by atoms with Crippen molar-refractivity contribution < 1.29 is 4.79 Å². The Balaban J connectivity index is 2.18. The molecule has 1 aromatic heterocycles. The summed E-state index contributed by atoms with van der Waals surface area (Å²) in [4.78, 5) is 13.8. The molecule has 5 nitrogen and oxygen atoms in total. The van der Waals surface area contributed by atoms with Gasteiger partial charge in [-0.15, -0.1) is 0 Å². The molecular formula is C10H16N4O. The van der Waals surface area contributed by atoms with Gasteiger partial charge in [0.2, 0.25) is 0 Å². The lowest BCUT2D eigenvalue weighted by Crippen LogP contribution is -2.32. The van der Waals surface area contributed by atoms with Gasteiger partial charge in [-0.05, 0) is 13.3 Å². The van der Waals surface area contributed by atoms with Crippen LogP contribution in [-0.2, 0) is 7.05 Å². The van der Waals surface area contributed by atoms with E-state index in [1.165, 1.54) is 0 Å². The van der Waals surface area contributed by atoms with E-state index in [1.807, 2.05) is 14.0 Å². The van der Waals surface area contributed by atoms with Crippen LogP contribution in [0.15, 0.2) is 6.20 Å². The molecule has 5 heteroatoms. The molecule has 1 fully saturated rings. The van der Waals surface area contributed by atoms with Crippen LogP contribution in [0.5, 0.6) is 0 Å². The van der Waals surface area contributed by atoms with E-state index in [1.54, 1.807) is 15.8 Å². The molecule has 0 spiro atoms. The SMILES string of the molecule is Cc1c(C(=O)N2CC[C@@H](N)C2)cnn1C. The summed E-state index contributed by atoms with van der Waals surface area (Å²) < 4.78 is 1.71. The van der Waals surface area contributed by atoms with E-state index in [-0.39, 0.29) is 11.9 Å². The fraction of sp³-hybridized carbons (Fsp3) is 0.600. The van der Waals surface area contributed by atoms with Crippen molar-refractivity contribution in [2.45, 2.75) is 19.4 Å². The third-order valence-corrected chi connectivity index (χ3v) is 2.98. The molecular weight excluding hydrogens is 192 g/mol. The zero-order chi connectivity index (χ0) is 11.0. The number of aromatic nitrogens is 2. The fourth-order valence-corrected chi connectivity index (χ4v) is 1.85. The van der Waals surface area contributed by atoms with Gasteiger partial charge in [-0.25, -0.2) is 0 Å². The van der Waals surface area contributed by atoms with Gasteiger partial charge in [-0.2, -0.15) is 5.10 Å². The maximum absolute atomic E-state index is 12.0. The van der Waals surface area contributed by atoms with Crippen molar-refractivity contribution in [2.75, 3.05) is 13.1 Å². The quantitative estimate of drug-likeness (QED) is 0.701. The van der Waals surface area contributed by atoms with Crippen molar-refractivity contribution in [1.29, 1.82) is 0 Å². The Morgan fingerprint density at radius 1 is 1.67 bits per heavy atom. The smallest absolute Gasteiger partial charge is 0.257 e. The predicted octanol–water partition coefficient (Wildman–Crippen LogP) is -0.0983. The maximum atomic E-state index is 12.0. The Morgan fingerprint density at radius 3 is 2.87 bits per heavy atom. The van der Waals surface area contributed by atoms with Crippen molar-refractivity contribution >= 4 is 5.91 Å². The van der Waals surface area contributed by atoms with Crippen molar-refractivity contribution in [3.05, 3.63) is 17.5 Å². The van der Waals surface area contributed by atoms with Crippen LogP contribution in [0.1, 0.15) is 22.5 Å². The summed E-state index contributed by atoms with van der Waals surface area (Å²) in [5.74, 6) is 0.0496. The highest BCUT2D eigenvalue weighted by Gasteiger charge is 2.26. The molecule has 2 N–H and O–H groups in total. The summed E-state index contributed by atoms with van der Waals surface area (Å²) in [5.41, 5.74) is 7.36. The first kappa shape index (κ1) is 10.2. The molecule has 0 bridgehead atoms. The Morgan fingerprint density at radius 2 is 2.40 bits per heavy atom. The minimum atomic E-state index is 0.0496. The van der Waals surface area contributed by atoms with Crippen LogP contribution in [0.3, 0.4) is 0 Å². The molecule has 1 aliphatic heterocycles. The lowest BCUT2D eigenvalue weighted by atomic mass is 10.2. The molecule has 15 heavy (non-hydrogen) atoms. The van der Waals surface area contributed by atoms with Gasteiger partial charge in [-0.3, -0.25) is 9.48 Å². The van der Waals surface area contributed by atoms with Crippen LogP contribution in [0.4, 0.5) is 0 Å². The Labute approximate surface area is 88.8 Å². The van der Waals surface area contributed by atoms with E-state index in [9.17, 15) is 4.79 Å². The average Bonchev–Trinajstić information content (AvgIpc) is 2.75. The number of hydrogen-bond donors (Lipinski definition) is 1. The van der Waals surface area contributed by atoms with Gasteiger partial charge in [0.1, 0.15) is 0 Å². The number of likely N-dealkylation sites (tertiary alicyclic amines) is 1. The number of amides is 1. The first-order chi connectivity index (χ1) is 7.09. The molecule has 1 saturated heterocycles. The molecule has 1 atom stereocenters. The number of nitrogens with zero attached hydrogens (tertiary/aromatic N) is 3. The maximum Gasteiger partial charge on any atom is 0.257 e. The van der Waals surface area contributed by atoms with Gasteiger partial charge >= 0.3 is 0 Å². The van der Waals surface area contributed by atoms with Crippen molar-refractivity contribution in [3.63, 3.8) is 0 Å². The van der Waals surface area contributed by atoms with Gasteiger partial charge in [0.15, 0.2) is 0 Å². The Kier molecular flexibility index (Phi) is 2.48. The van der Waals surface area contributed by atoms with E-state index >= 15 is 0 Å². The lowest BCUT2D eigenvalue weighted by molar-refractivity contribution is 0.0790. The number of nitrogens with two attached hydrogens (primary N) is 1. The third-order valence-electron chi connectivity index (χ3n) is 2.98. The van der Waals surface area contributed by atoms with Crippen molar-refractivity contribution in [1.82, 2.24) is 14.7 Å². The Hall–Kier alpha value is -1.36. The fourth-order valence-electron chi connectivity index (χ4n) is 1.85. The minimum absolute atomic E-state index is 0.0496. The summed E-state index contributed by atoms with van der Waals surface area (Å²) in [6.45, 7) is 3.32. The van der Waals surface area contributed by atoms with E-state index in [0.717, 1.165) is 18.7 Å². The van der Waals surface area contributed by atoms with Gasteiger partial charge in [0, 0.05) is 31.9 Å². The molecule has 0 unspecified atom stereocenters. The second-order valence-electron chi connectivity index (χ2n) is 4.07. The summed E-state index contributed by atoms with van der Waals surface area (Å²) in [5, 5.41) is 4.07. The van der Waals surface area contributed by atoms with Gasteiger partial charge in [0.25, 0.3) is 5.91 Å². The number of rotatable bonds is 1. The highest BCUT2D eigenvalue weighted by molar-refractivity contribution is 5.95. The number of carbonyl (C=O) groups is 1. The first-order valence-corrected chi connectivity index (χ1v) is 5.13. The zero-order valence-corrected chi connectivity index (χ0v) is 9.10. The number of aryl methyl sites for hydroxylation is 1. The van der Waals surface area contributed by atoms with E-state index in [0.29, 0.717) is 12.1 Å². The monoisotopic (exact) mass is 208 g/mol. The molecule has 1 aromatic rings. The second-order valence-corrected chi connectivity index (χ2v) is 4.07. The largest absolute Gasteiger partial charge is 0.337 e. The molecule has 1 aliphatic rings. The number of carbonyl (C=O) groups excluding carboxylic acids is 1. The summed E-state index contributed by atoms with van der Waals surface area (Å²) >= 11 is 0. The van der Waals surface area contributed by atoms with Crippen LogP contribution >= 0.6 is 0 Å². The molecule has 0 aromatic carbocycles. The van der Waals surface area contributed by atoms with Crippen LogP contribution in [0, 0.1) is 6.92 Å². The van der Waals surface area contributed by atoms with Gasteiger partial charge < -0.3 is 10.6 Å². The highest BCUT2D eigenvalue weighted by atomic mass is 16.2. The summed E-state index contributed by atoms with van der Waals surface area (Å²) in [6, 6.07) is 0.130. The average molecular weight is 208 g/mol. The van der Waals surface area contributed by atoms with Gasteiger partial charge in [-0.1, -0.05) is 0 Å². The van der Waals surface area contributed by atoms with Crippen LogP contribution in [-0.4, -0.2) is 39.7 Å². The number of hydrogen-bond acceptors (Lipinski definition) is 3.